The van der Waals surface area contributed by atoms with Crippen LogP contribution in [0.15, 0.2) is 0 Å². The Labute approximate surface area is 98.4 Å². The van der Waals surface area contributed by atoms with Crippen LogP contribution in [0.5, 0.6) is 0 Å². The molecule has 90 valence electrons. The molecule has 3 heteroatoms. The molecule has 0 aromatic carbocycles. The summed E-state index contributed by atoms with van der Waals surface area (Å²) in [4.78, 5) is 11.5. The van der Waals surface area contributed by atoms with Gasteiger partial charge in [-0.2, -0.15) is 0 Å². The van der Waals surface area contributed by atoms with E-state index in [9.17, 15) is 4.79 Å². The van der Waals surface area contributed by atoms with Crippen molar-refractivity contribution >= 4 is 5.91 Å². The number of nitrogens with one attached hydrogen (secondary N) is 2. The molecule has 1 aliphatic carbocycles. The monoisotopic (exact) mass is 222 g/mol. The van der Waals surface area contributed by atoms with Gasteiger partial charge in [0.05, 0.1) is 13.1 Å². The van der Waals surface area contributed by atoms with Gasteiger partial charge in [-0.25, -0.2) is 0 Å². The Morgan fingerprint density at radius 1 is 1.38 bits per heavy atom. The van der Waals surface area contributed by atoms with E-state index >= 15 is 0 Å². The number of rotatable bonds is 5. The Bertz CT molecular complexity index is 249. The smallest absolute Gasteiger partial charge is 0.234 e. The summed E-state index contributed by atoms with van der Waals surface area (Å²) < 4.78 is 0. The van der Waals surface area contributed by atoms with E-state index in [0.29, 0.717) is 19.1 Å². The first kappa shape index (κ1) is 13.1. The zero-order valence-electron chi connectivity index (χ0n) is 10.1. The SMILES string of the molecule is C#CCNCC(=O)NC1CCC(CC)CC1. The first-order chi connectivity index (χ1) is 7.76. The van der Waals surface area contributed by atoms with Gasteiger partial charge < -0.3 is 5.32 Å². The Morgan fingerprint density at radius 2 is 2.06 bits per heavy atom. The maximum atomic E-state index is 11.5. The molecule has 0 aromatic rings. The maximum Gasteiger partial charge on any atom is 0.234 e. The molecule has 0 radical (unpaired) electrons. The largest absolute Gasteiger partial charge is 0.352 e. The summed E-state index contributed by atoms with van der Waals surface area (Å²) in [5.41, 5.74) is 0. The minimum absolute atomic E-state index is 0.0650. The van der Waals surface area contributed by atoms with Crippen molar-refractivity contribution in [1.82, 2.24) is 10.6 Å². The molecule has 1 fully saturated rings. The van der Waals surface area contributed by atoms with E-state index in [1.54, 1.807) is 0 Å². The lowest BCUT2D eigenvalue weighted by Crippen LogP contribution is -2.42. The molecule has 1 saturated carbocycles. The third-order valence-electron chi connectivity index (χ3n) is 3.30. The third kappa shape index (κ3) is 4.67. The van der Waals surface area contributed by atoms with Crippen LogP contribution in [0, 0.1) is 18.3 Å². The van der Waals surface area contributed by atoms with Gasteiger partial charge in [0.1, 0.15) is 0 Å². The molecule has 3 nitrogen and oxygen atoms in total. The third-order valence-corrected chi connectivity index (χ3v) is 3.30. The average molecular weight is 222 g/mol. The van der Waals surface area contributed by atoms with Crippen LogP contribution in [0.1, 0.15) is 39.0 Å². The Kier molecular flexibility index (Phi) is 5.95. The van der Waals surface area contributed by atoms with Gasteiger partial charge in [-0.1, -0.05) is 19.3 Å². The van der Waals surface area contributed by atoms with Crippen molar-refractivity contribution in [3.8, 4) is 12.3 Å². The summed E-state index contributed by atoms with van der Waals surface area (Å²) in [6.07, 6.45) is 11.1. The molecule has 0 bridgehead atoms. The van der Waals surface area contributed by atoms with E-state index in [0.717, 1.165) is 18.8 Å². The van der Waals surface area contributed by atoms with Crippen LogP contribution in [0.2, 0.25) is 0 Å². The highest BCUT2D eigenvalue weighted by Crippen LogP contribution is 2.26. The van der Waals surface area contributed by atoms with Crippen LogP contribution >= 0.6 is 0 Å². The standard InChI is InChI=1S/C13H22N2O/c1-3-9-14-10-13(16)15-12-7-5-11(4-2)6-8-12/h1,11-12,14H,4-10H2,2H3,(H,15,16). The van der Waals surface area contributed by atoms with Crippen molar-refractivity contribution in [1.29, 1.82) is 0 Å². The predicted molar refractivity (Wildman–Crippen MR) is 65.9 cm³/mol. The van der Waals surface area contributed by atoms with Crippen molar-refractivity contribution in [3.05, 3.63) is 0 Å². The quantitative estimate of drug-likeness (QED) is 0.544. The molecule has 16 heavy (non-hydrogen) atoms. The number of amides is 1. The van der Waals surface area contributed by atoms with Gasteiger partial charge in [0.25, 0.3) is 0 Å². The molecule has 0 heterocycles. The molecule has 0 aromatic heterocycles. The van der Waals surface area contributed by atoms with Crippen LogP contribution in [0.3, 0.4) is 0 Å². The normalized spacial score (nSPS) is 24.8. The van der Waals surface area contributed by atoms with Crippen LogP contribution in [0.25, 0.3) is 0 Å². The van der Waals surface area contributed by atoms with E-state index in [1.165, 1.54) is 19.3 Å². The van der Waals surface area contributed by atoms with Crippen molar-refractivity contribution in [2.45, 2.75) is 45.1 Å². The lowest BCUT2D eigenvalue weighted by atomic mass is 9.84. The van der Waals surface area contributed by atoms with Crippen LogP contribution in [-0.2, 0) is 4.79 Å². The summed E-state index contributed by atoms with van der Waals surface area (Å²) >= 11 is 0. The minimum atomic E-state index is 0.0650. The van der Waals surface area contributed by atoms with E-state index in [2.05, 4.69) is 23.5 Å². The fourth-order valence-electron chi connectivity index (χ4n) is 2.24. The fraction of sp³-hybridized carbons (Fsp3) is 0.769. The Morgan fingerprint density at radius 3 is 2.62 bits per heavy atom. The summed E-state index contributed by atoms with van der Waals surface area (Å²) in [6, 6.07) is 0.378. The molecule has 1 aliphatic rings. The van der Waals surface area contributed by atoms with Gasteiger partial charge in [0.2, 0.25) is 5.91 Å². The van der Waals surface area contributed by atoms with Crippen molar-refractivity contribution in [3.63, 3.8) is 0 Å². The first-order valence-electron chi connectivity index (χ1n) is 6.19. The highest BCUT2D eigenvalue weighted by atomic mass is 16.1. The summed E-state index contributed by atoms with van der Waals surface area (Å²) in [7, 11) is 0. The van der Waals surface area contributed by atoms with E-state index in [1.807, 2.05) is 0 Å². The molecule has 2 N–H and O–H groups in total. The second-order valence-electron chi connectivity index (χ2n) is 4.50. The van der Waals surface area contributed by atoms with Gasteiger partial charge in [0, 0.05) is 6.04 Å². The van der Waals surface area contributed by atoms with Crippen LogP contribution < -0.4 is 10.6 Å². The summed E-state index contributed by atoms with van der Waals surface area (Å²) in [5, 5.41) is 5.95. The Hall–Kier alpha value is -1.01. The molecule has 1 amide bonds. The maximum absolute atomic E-state index is 11.5. The number of hydrogen-bond donors (Lipinski definition) is 2. The number of hydrogen-bond acceptors (Lipinski definition) is 2. The zero-order chi connectivity index (χ0) is 11.8. The van der Waals surface area contributed by atoms with Gasteiger partial charge in [0.15, 0.2) is 0 Å². The van der Waals surface area contributed by atoms with E-state index in [4.69, 9.17) is 6.42 Å². The van der Waals surface area contributed by atoms with Crippen molar-refractivity contribution in [2.75, 3.05) is 13.1 Å². The lowest BCUT2D eigenvalue weighted by molar-refractivity contribution is -0.121. The average Bonchev–Trinajstić information content (AvgIpc) is 2.30. The number of terminal acetylenes is 1. The zero-order valence-corrected chi connectivity index (χ0v) is 10.1. The second kappa shape index (κ2) is 7.29. The van der Waals surface area contributed by atoms with Gasteiger partial charge in [-0.05, 0) is 31.6 Å². The molecular formula is C13H22N2O. The topological polar surface area (TPSA) is 41.1 Å². The van der Waals surface area contributed by atoms with Crippen LogP contribution in [0.4, 0.5) is 0 Å². The lowest BCUT2D eigenvalue weighted by Gasteiger charge is -2.28. The highest BCUT2D eigenvalue weighted by Gasteiger charge is 2.20. The van der Waals surface area contributed by atoms with Gasteiger partial charge in [-0.3, -0.25) is 10.1 Å². The molecule has 0 spiro atoms. The molecule has 1 rings (SSSR count). The second-order valence-corrected chi connectivity index (χ2v) is 4.50. The van der Waals surface area contributed by atoms with Crippen molar-refractivity contribution < 1.29 is 4.79 Å². The Balaban J connectivity index is 2.13. The predicted octanol–water partition coefficient (Wildman–Crippen LogP) is 1.29. The molecular weight excluding hydrogens is 200 g/mol. The number of carbonyl (C=O) groups excluding carboxylic acids is 1. The first-order valence-corrected chi connectivity index (χ1v) is 6.19. The fourth-order valence-corrected chi connectivity index (χ4v) is 2.24. The van der Waals surface area contributed by atoms with Crippen LogP contribution in [-0.4, -0.2) is 25.0 Å². The van der Waals surface area contributed by atoms with E-state index in [-0.39, 0.29) is 5.91 Å². The number of carbonyl (C=O) groups is 1. The van der Waals surface area contributed by atoms with Crippen molar-refractivity contribution in [2.24, 2.45) is 5.92 Å². The molecule has 0 atom stereocenters. The molecule has 0 unspecified atom stereocenters. The van der Waals surface area contributed by atoms with Gasteiger partial charge in [-0.15, -0.1) is 6.42 Å². The highest BCUT2D eigenvalue weighted by molar-refractivity contribution is 5.78. The van der Waals surface area contributed by atoms with Gasteiger partial charge >= 0.3 is 0 Å². The minimum Gasteiger partial charge on any atom is -0.352 e. The molecule has 0 saturated heterocycles. The molecule has 0 aliphatic heterocycles. The summed E-state index contributed by atoms with van der Waals surface area (Å²) in [6.45, 7) is 3.03. The summed E-state index contributed by atoms with van der Waals surface area (Å²) in [5.74, 6) is 3.38. The van der Waals surface area contributed by atoms with E-state index < -0.39 is 0 Å².